The first-order valence-corrected chi connectivity index (χ1v) is 10.9. The first-order valence-electron chi connectivity index (χ1n) is 10.2. The van der Waals surface area contributed by atoms with Gasteiger partial charge in [0, 0.05) is 41.0 Å². The summed E-state index contributed by atoms with van der Waals surface area (Å²) >= 11 is 12.6. The maximum Gasteiger partial charge on any atom is 0.253 e. The zero-order valence-electron chi connectivity index (χ0n) is 16.7. The molecule has 1 aliphatic carbocycles. The van der Waals surface area contributed by atoms with E-state index in [0.29, 0.717) is 33.5 Å². The van der Waals surface area contributed by atoms with Gasteiger partial charge < -0.3 is 5.32 Å². The number of halogens is 2. The van der Waals surface area contributed by atoms with Gasteiger partial charge in [-0.2, -0.15) is 0 Å². The van der Waals surface area contributed by atoms with Crippen LogP contribution in [0, 0.1) is 0 Å². The Morgan fingerprint density at radius 1 is 1.03 bits per heavy atom. The Balaban J connectivity index is 1.47. The second-order valence-electron chi connectivity index (χ2n) is 7.92. The first-order chi connectivity index (χ1) is 15.1. The molecule has 0 radical (unpaired) electrons. The van der Waals surface area contributed by atoms with Gasteiger partial charge in [-0.15, -0.1) is 0 Å². The van der Waals surface area contributed by atoms with Crippen LogP contribution in [-0.4, -0.2) is 27.0 Å². The third-order valence-corrected chi connectivity index (χ3v) is 6.71. The minimum absolute atomic E-state index is 0.0506. The number of carbonyl (C=O) groups excluding carboxylic acids is 1. The molecule has 0 aliphatic heterocycles. The second kappa shape index (κ2) is 7.98. The van der Waals surface area contributed by atoms with Crippen molar-refractivity contribution in [3.63, 3.8) is 0 Å². The molecule has 5 rings (SSSR count). The van der Waals surface area contributed by atoms with Crippen molar-refractivity contribution < 1.29 is 4.79 Å². The van der Waals surface area contributed by atoms with E-state index in [1.54, 1.807) is 35.3 Å². The molecule has 5 nitrogen and oxygen atoms in total. The van der Waals surface area contributed by atoms with Crippen molar-refractivity contribution in [2.24, 2.45) is 0 Å². The van der Waals surface area contributed by atoms with Crippen molar-refractivity contribution in [1.29, 1.82) is 0 Å². The van der Waals surface area contributed by atoms with Crippen molar-refractivity contribution >= 4 is 40.0 Å². The number of hydrogen-bond donors (Lipinski definition) is 1. The molecule has 0 unspecified atom stereocenters. The van der Waals surface area contributed by atoms with Crippen molar-refractivity contribution in [3.05, 3.63) is 88.3 Å². The van der Waals surface area contributed by atoms with Gasteiger partial charge in [0.15, 0.2) is 0 Å². The van der Waals surface area contributed by atoms with Gasteiger partial charge in [-0.1, -0.05) is 47.8 Å². The third kappa shape index (κ3) is 3.58. The summed E-state index contributed by atoms with van der Waals surface area (Å²) in [4.78, 5) is 21.9. The van der Waals surface area contributed by atoms with E-state index in [0.717, 1.165) is 24.8 Å². The van der Waals surface area contributed by atoms with Crippen LogP contribution in [0.3, 0.4) is 0 Å². The molecule has 1 N–H and O–H groups in total. The van der Waals surface area contributed by atoms with Crippen LogP contribution in [0.5, 0.6) is 0 Å². The van der Waals surface area contributed by atoms with E-state index in [1.807, 2.05) is 24.3 Å². The number of rotatable bonds is 5. The molecule has 7 heteroatoms. The van der Waals surface area contributed by atoms with Gasteiger partial charge in [0.25, 0.3) is 5.91 Å². The molecule has 1 aliphatic rings. The van der Waals surface area contributed by atoms with Gasteiger partial charge in [0.1, 0.15) is 0 Å². The molecule has 4 aromatic rings. The molecule has 2 heterocycles. The summed E-state index contributed by atoms with van der Waals surface area (Å²) in [5, 5.41) is 5.09. The Bertz CT molecular complexity index is 1250. The number of hydrogen-bond acceptors (Lipinski definition) is 3. The number of amides is 1. The Hall–Kier alpha value is -2.89. The minimum Gasteiger partial charge on any atom is -0.351 e. The molecule has 0 bridgehead atoms. The lowest BCUT2D eigenvalue weighted by Gasteiger charge is -2.42. The first kappa shape index (κ1) is 20.0. The molecule has 31 heavy (non-hydrogen) atoms. The monoisotopic (exact) mass is 450 g/mol. The van der Waals surface area contributed by atoms with Crippen molar-refractivity contribution in [2.45, 2.75) is 24.7 Å². The Labute approximate surface area is 190 Å². The van der Waals surface area contributed by atoms with E-state index in [-0.39, 0.29) is 11.3 Å². The summed E-state index contributed by atoms with van der Waals surface area (Å²) < 4.78 is 1.80. The normalized spacial score (nSPS) is 14.9. The molecule has 1 saturated carbocycles. The van der Waals surface area contributed by atoms with Crippen LogP contribution in [0.15, 0.2) is 67.1 Å². The molecule has 2 aromatic heterocycles. The van der Waals surface area contributed by atoms with E-state index in [1.165, 1.54) is 5.56 Å². The zero-order chi connectivity index (χ0) is 21.4. The lowest BCUT2D eigenvalue weighted by atomic mass is 9.64. The summed E-state index contributed by atoms with van der Waals surface area (Å²) in [6.07, 6.45) is 8.33. The fraction of sp³-hybridized carbons (Fsp3) is 0.208. The third-order valence-electron chi connectivity index (χ3n) is 6.15. The largest absolute Gasteiger partial charge is 0.351 e. The Morgan fingerprint density at radius 2 is 1.77 bits per heavy atom. The van der Waals surface area contributed by atoms with Gasteiger partial charge in [0.05, 0.1) is 16.1 Å². The van der Waals surface area contributed by atoms with E-state index in [4.69, 9.17) is 23.2 Å². The van der Waals surface area contributed by atoms with E-state index < -0.39 is 0 Å². The highest BCUT2D eigenvalue weighted by molar-refractivity contribution is 6.37. The van der Waals surface area contributed by atoms with Crippen molar-refractivity contribution in [3.8, 4) is 5.95 Å². The Kier molecular flexibility index (Phi) is 5.16. The predicted octanol–water partition coefficient (Wildman–Crippen LogP) is 5.58. The van der Waals surface area contributed by atoms with Crippen LogP contribution in [0.2, 0.25) is 10.0 Å². The van der Waals surface area contributed by atoms with Gasteiger partial charge >= 0.3 is 0 Å². The van der Waals surface area contributed by atoms with Gasteiger partial charge in [-0.25, -0.2) is 9.97 Å². The fourth-order valence-electron chi connectivity index (χ4n) is 4.32. The van der Waals surface area contributed by atoms with E-state index >= 15 is 0 Å². The highest BCUT2D eigenvalue weighted by Crippen LogP contribution is 2.43. The molecule has 0 spiro atoms. The van der Waals surface area contributed by atoms with Crippen LogP contribution in [-0.2, 0) is 5.41 Å². The smallest absolute Gasteiger partial charge is 0.253 e. The van der Waals surface area contributed by atoms with Crippen molar-refractivity contribution in [1.82, 2.24) is 19.9 Å². The summed E-state index contributed by atoms with van der Waals surface area (Å²) in [6.45, 7) is 0.562. The number of fused-ring (bicyclic) bond motifs is 1. The van der Waals surface area contributed by atoms with Crippen LogP contribution < -0.4 is 5.32 Å². The fourth-order valence-corrected chi connectivity index (χ4v) is 4.71. The van der Waals surface area contributed by atoms with Gasteiger partial charge in [-0.05, 0) is 48.7 Å². The summed E-state index contributed by atoms with van der Waals surface area (Å²) in [7, 11) is 0. The lowest BCUT2D eigenvalue weighted by molar-refractivity contribution is 0.0929. The number of aromatic nitrogens is 3. The average Bonchev–Trinajstić information content (AvgIpc) is 3.16. The van der Waals surface area contributed by atoms with Crippen LogP contribution >= 0.6 is 23.2 Å². The lowest BCUT2D eigenvalue weighted by Crippen LogP contribution is -2.45. The summed E-state index contributed by atoms with van der Waals surface area (Å²) in [6, 6.07) is 15.2. The van der Waals surface area contributed by atoms with Crippen LogP contribution in [0.1, 0.15) is 35.2 Å². The maximum absolute atomic E-state index is 13.3. The van der Waals surface area contributed by atoms with Crippen LogP contribution in [0.4, 0.5) is 0 Å². The van der Waals surface area contributed by atoms with E-state index in [9.17, 15) is 4.79 Å². The van der Waals surface area contributed by atoms with Crippen molar-refractivity contribution in [2.75, 3.05) is 6.54 Å². The van der Waals surface area contributed by atoms with Crippen LogP contribution in [0.25, 0.3) is 16.9 Å². The molecule has 1 fully saturated rings. The minimum atomic E-state index is -0.159. The molecule has 0 saturated heterocycles. The molecule has 1 amide bonds. The second-order valence-corrected chi connectivity index (χ2v) is 8.76. The predicted molar refractivity (Wildman–Crippen MR) is 123 cm³/mol. The quantitative estimate of drug-likeness (QED) is 0.431. The van der Waals surface area contributed by atoms with Gasteiger partial charge in [-0.3, -0.25) is 9.36 Å². The molecule has 156 valence electrons. The maximum atomic E-state index is 13.3. The average molecular weight is 451 g/mol. The number of nitrogens with zero attached hydrogens (tertiary/aromatic N) is 3. The topological polar surface area (TPSA) is 59.8 Å². The highest BCUT2D eigenvalue weighted by Gasteiger charge is 2.39. The Morgan fingerprint density at radius 3 is 2.45 bits per heavy atom. The number of carbonyl (C=O) groups is 1. The molecular formula is C24H20Cl2N4O. The standard InChI is InChI=1S/C24H20Cl2N4O/c25-17-8-6-16(7-9-17)24(10-2-11-24)15-29-22(31)18-14-30(23-27-12-3-13-28-23)20-5-1-4-19(26)21(18)20/h1,3-9,12-14H,2,10-11,15H2,(H,29,31). The summed E-state index contributed by atoms with van der Waals surface area (Å²) in [5.41, 5.74) is 2.46. The summed E-state index contributed by atoms with van der Waals surface area (Å²) in [5.74, 6) is 0.332. The van der Waals surface area contributed by atoms with Gasteiger partial charge in [0.2, 0.25) is 5.95 Å². The van der Waals surface area contributed by atoms with E-state index in [2.05, 4.69) is 27.4 Å². The SMILES string of the molecule is O=C(NCC1(c2ccc(Cl)cc2)CCC1)c1cn(-c2ncccn2)c2cccc(Cl)c12. The number of nitrogens with one attached hydrogen (secondary N) is 1. The zero-order valence-corrected chi connectivity index (χ0v) is 18.2. The molecular weight excluding hydrogens is 431 g/mol. The number of benzene rings is 2. The molecule has 2 aromatic carbocycles. The molecule has 0 atom stereocenters. The highest BCUT2D eigenvalue weighted by atomic mass is 35.5.